The molecule has 13 heteroatoms. The maximum absolute atomic E-state index is 11.9. The minimum absolute atomic E-state index is 0.0887. The number of hydrogen-bond acceptors (Lipinski definition) is 9. The van der Waals surface area contributed by atoms with Crippen LogP contribution in [0.2, 0.25) is 5.02 Å². The van der Waals surface area contributed by atoms with E-state index in [9.17, 15) is 25.0 Å². The normalized spacial score (nSPS) is 10.6. The minimum Gasteiger partial charge on any atom is -0.493 e. The van der Waals surface area contributed by atoms with Gasteiger partial charge in [-0.25, -0.2) is 5.43 Å². The SMILES string of the molecule is COc1ccc(/C=N\NC(=O)COc2ccc(Cl)cc2)cc1Oc1ccc([N+](=O)[O-])cc1[N+](=O)[O-]. The second-order valence-electron chi connectivity index (χ2n) is 6.71. The van der Waals surface area contributed by atoms with Crippen LogP contribution < -0.4 is 19.6 Å². The fourth-order valence-corrected chi connectivity index (χ4v) is 2.84. The maximum atomic E-state index is 11.9. The summed E-state index contributed by atoms with van der Waals surface area (Å²) >= 11 is 5.79. The van der Waals surface area contributed by atoms with Crippen molar-refractivity contribution in [2.45, 2.75) is 0 Å². The van der Waals surface area contributed by atoms with Crippen LogP contribution in [-0.4, -0.2) is 35.7 Å². The predicted molar refractivity (Wildman–Crippen MR) is 126 cm³/mol. The Morgan fingerprint density at radius 2 is 1.71 bits per heavy atom. The third-order valence-corrected chi connectivity index (χ3v) is 4.60. The molecule has 1 amide bonds. The zero-order valence-corrected chi connectivity index (χ0v) is 18.8. The summed E-state index contributed by atoms with van der Waals surface area (Å²) in [6, 6.07) is 14.1. The second kappa shape index (κ2) is 11.4. The summed E-state index contributed by atoms with van der Waals surface area (Å²) < 4.78 is 16.2. The zero-order valence-electron chi connectivity index (χ0n) is 18.0. The van der Waals surface area contributed by atoms with Crippen molar-refractivity contribution < 1.29 is 28.9 Å². The highest BCUT2D eigenvalue weighted by atomic mass is 35.5. The first-order valence-corrected chi connectivity index (χ1v) is 10.1. The van der Waals surface area contributed by atoms with Crippen molar-refractivity contribution in [3.05, 3.63) is 91.5 Å². The second-order valence-corrected chi connectivity index (χ2v) is 7.15. The van der Waals surface area contributed by atoms with Crippen LogP contribution >= 0.6 is 11.6 Å². The number of methoxy groups -OCH3 is 1. The highest BCUT2D eigenvalue weighted by Gasteiger charge is 2.22. The van der Waals surface area contributed by atoms with E-state index in [0.29, 0.717) is 16.3 Å². The van der Waals surface area contributed by atoms with Crippen molar-refractivity contribution in [1.29, 1.82) is 0 Å². The van der Waals surface area contributed by atoms with Crippen LogP contribution in [0.5, 0.6) is 23.0 Å². The van der Waals surface area contributed by atoms with E-state index in [0.717, 1.165) is 18.2 Å². The van der Waals surface area contributed by atoms with E-state index >= 15 is 0 Å². The lowest BCUT2D eigenvalue weighted by Gasteiger charge is -2.11. The molecule has 0 saturated carbocycles. The van der Waals surface area contributed by atoms with E-state index in [-0.39, 0.29) is 23.9 Å². The third kappa shape index (κ3) is 6.88. The molecular weight excluding hydrogens is 484 g/mol. The van der Waals surface area contributed by atoms with Gasteiger partial charge in [0.05, 0.1) is 29.2 Å². The topological polar surface area (TPSA) is 155 Å². The van der Waals surface area contributed by atoms with E-state index in [2.05, 4.69) is 10.5 Å². The molecule has 180 valence electrons. The predicted octanol–water partition coefficient (Wildman–Crippen LogP) is 4.49. The van der Waals surface area contributed by atoms with Crippen LogP contribution in [0.4, 0.5) is 11.4 Å². The molecule has 0 radical (unpaired) electrons. The van der Waals surface area contributed by atoms with E-state index in [1.807, 2.05) is 0 Å². The number of benzene rings is 3. The van der Waals surface area contributed by atoms with Gasteiger partial charge in [0, 0.05) is 11.1 Å². The number of ether oxygens (including phenoxy) is 3. The molecule has 35 heavy (non-hydrogen) atoms. The van der Waals surface area contributed by atoms with Crippen molar-refractivity contribution in [1.82, 2.24) is 5.43 Å². The van der Waals surface area contributed by atoms with Gasteiger partial charge in [-0.2, -0.15) is 5.10 Å². The molecule has 0 aromatic heterocycles. The van der Waals surface area contributed by atoms with Gasteiger partial charge in [0.1, 0.15) is 5.75 Å². The molecule has 3 aromatic rings. The molecule has 0 fully saturated rings. The first kappa shape index (κ1) is 24.9. The van der Waals surface area contributed by atoms with Gasteiger partial charge < -0.3 is 14.2 Å². The van der Waals surface area contributed by atoms with Crippen molar-refractivity contribution in [2.24, 2.45) is 5.10 Å². The van der Waals surface area contributed by atoms with E-state index in [1.54, 1.807) is 30.3 Å². The molecule has 3 rings (SSSR count). The standard InChI is InChI=1S/C22H17ClN4O8/c1-33-20-8-2-14(12-24-25-22(28)13-34-17-6-3-15(23)4-7-17)10-21(20)35-19-9-5-16(26(29)30)11-18(19)27(31)32/h2-12H,13H2,1H3,(H,25,28)/b24-12-. The number of nitro benzene ring substituents is 2. The number of carbonyl (C=O) groups is 1. The smallest absolute Gasteiger partial charge is 0.318 e. The molecule has 0 unspecified atom stereocenters. The molecule has 0 saturated heterocycles. The molecule has 3 aromatic carbocycles. The van der Waals surface area contributed by atoms with Crippen molar-refractivity contribution in [3.8, 4) is 23.0 Å². The Morgan fingerprint density at radius 3 is 2.37 bits per heavy atom. The van der Waals surface area contributed by atoms with E-state index in [4.69, 9.17) is 25.8 Å². The Hall–Kier alpha value is -4.71. The summed E-state index contributed by atoms with van der Waals surface area (Å²) in [4.78, 5) is 32.7. The van der Waals surface area contributed by atoms with Crippen molar-refractivity contribution in [3.63, 3.8) is 0 Å². The van der Waals surface area contributed by atoms with Crippen LogP contribution in [0.1, 0.15) is 5.56 Å². The Labute approximate surface area is 203 Å². The summed E-state index contributed by atoms with van der Waals surface area (Å²) in [5.41, 5.74) is 1.73. The number of rotatable bonds is 10. The van der Waals surface area contributed by atoms with Gasteiger partial charge in [-0.15, -0.1) is 0 Å². The largest absolute Gasteiger partial charge is 0.493 e. The molecule has 0 spiro atoms. The lowest BCUT2D eigenvalue weighted by molar-refractivity contribution is -0.394. The summed E-state index contributed by atoms with van der Waals surface area (Å²) in [7, 11) is 1.38. The summed E-state index contributed by atoms with van der Waals surface area (Å²) in [6.07, 6.45) is 1.32. The Bertz CT molecular complexity index is 1280. The number of hydrazone groups is 1. The number of amides is 1. The fraction of sp³-hybridized carbons (Fsp3) is 0.0909. The van der Waals surface area contributed by atoms with Gasteiger partial charge in [0.25, 0.3) is 11.6 Å². The summed E-state index contributed by atoms with van der Waals surface area (Å²) in [5, 5.41) is 26.7. The van der Waals surface area contributed by atoms with Crippen LogP contribution in [0.3, 0.4) is 0 Å². The van der Waals surface area contributed by atoms with Gasteiger partial charge in [-0.1, -0.05) is 11.6 Å². The first-order valence-electron chi connectivity index (χ1n) is 9.76. The number of carbonyl (C=O) groups excluding carboxylic acids is 1. The van der Waals surface area contributed by atoms with Crippen LogP contribution in [0, 0.1) is 20.2 Å². The van der Waals surface area contributed by atoms with Gasteiger partial charge in [0.2, 0.25) is 5.75 Å². The van der Waals surface area contributed by atoms with Gasteiger partial charge in [-0.05, 0) is 54.1 Å². The number of nitro groups is 2. The number of nitrogens with zero attached hydrogens (tertiary/aromatic N) is 3. The number of hydrogen-bond donors (Lipinski definition) is 1. The van der Waals surface area contributed by atoms with Gasteiger partial charge in [0.15, 0.2) is 18.1 Å². The van der Waals surface area contributed by atoms with Gasteiger partial charge in [-0.3, -0.25) is 25.0 Å². The average molecular weight is 501 g/mol. The van der Waals surface area contributed by atoms with Crippen molar-refractivity contribution in [2.75, 3.05) is 13.7 Å². The molecular formula is C22H17ClN4O8. The van der Waals surface area contributed by atoms with E-state index in [1.165, 1.54) is 25.5 Å². The number of non-ortho nitro benzene ring substituents is 1. The number of halogens is 1. The lowest BCUT2D eigenvalue weighted by atomic mass is 10.2. The minimum atomic E-state index is -0.790. The maximum Gasteiger partial charge on any atom is 0.318 e. The first-order chi connectivity index (χ1) is 16.8. The Morgan fingerprint density at radius 1 is 1.00 bits per heavy atom. The molecule has 0 heterocycles. The fourth-order valence-electron chi connectivity index (χ4n) is 2.71. The Balaban J connectivity index is 1.70. The molecule has 0 atom stereocenters. The summed E-state index contributed by atoms with van der Waals surface area (Å²) in [6.45, 7) is -0.278. The quantitative estimate of drug-likeness (QED) is 0.242. The highest BCUT2D eigenvalue weighted by molar-refractivity contribution is 6.30. The van der Waals surface area contributed by atoms with Crippen LogP contribution in [0.25, 0.3) is 0 Å². The monoisotopic (exact) mass is 500 g/mol. The zero-order chi connectivity index (χ0) is 25.4. The third-order valence-electron chi connectivity index (χ3n) is 4.34. The molecule has 0 aliphatic heterocycles. The molecule has 0 aliphatic carbocycles. The molecule has 12 nitrogen and oxygen atoms in total. The molecule has 0 bridgehead atoms. The average Bonchev–Trinajstić information content (AvgIpc) is 2.84. The number of nitrogens with one attached hydrogen (secondary N) is 1. The van der Waals surface area contributed by atoms with E-state index < -0.39 is 27.1 Å². The van der Waals surface area contributed by atoms with Gasteiger partial charge >= 0.3 is 5.69 Å². The Kier molecular flexibility index (Phi) is 8.14. The van der Waals surface area contributed by atoms with Crippen LogP contribution in [0.15, 0.2) is 65.8 Å². The summed E-state index contributed by atoms with van der Waals surface area (Å²) in [5.74, 6) is 0.0649. The van der Waals surface area contributed by atoms with Crippen LogP contribution in [-0.2, 0) is 4.79 Å². The van der Waals surface area contributed by atoms with Crippen molar-refractivity contribution >= 4 is 35.1 Å². The molecule has 1 N–H and O–H groups in total. The highest BCUT2D eigenvalue weighted by Crippen LogP contribution is 2.38. The molecule has 0 aliphatic rings. The lowest BCUT2D eigenvalue weighted by Crippen LogP contribution is -2.24.